The van der Waals surface area contributed by atoms with Crippen LogP contribution in [0.2, 0.25) is 0 Å². The van der Waals surface area contributed by atoms with E-state index in [2.05, 4.69) is 4.98 Å². The van der Waals surface area contributed by atoms with Crippen LogP contribution in [0.1, 0.15) is 30.3 Å². The van der Waals surface area contributed by atoms with Gasteiger partial charge in [0.15, 0.2) is 0 Å². The normalized spacial score (nSPS) is 30.4. The number of amides is 1. The first kappa shape index (κ1) is 13.0. The third-order valence-electron chi connectivity index (χ3n) is 3.77. The van der Waals surface area contributed by atoms with E-state index in [0.717, 1.165) is 19.4 Å². The summed E-state index contributed by atoms with van der Waals surface area (Å²) in [6, 6.07) is 0.138. The minimum absolute atomic E-state index is 0.00196. The lowest BCUT2D eigenvalue weighted by Gasteiger charge is -2.31. The summed E-state index contributed by atoms with van der Waals surface area (Å²) in [6.45, 7) is 4.00. The Morgan fingerprint density at radius 1 is 1.68 bits per heavy atom. The summed E-state index contributed by atoms with van der Waals surface area (Å²) in [6.07, 6.45) is 2.01. The molecule has 0 aromatic carbocycles. The molecular formula is C13H18N2O3S. The molecule has 0 bridgehead atoms. The van der Waals surface area contributed by atoms with E-state index in [9.17, 15) is 4.79 Å². The van der Waals surface area contributed by atoms with Gasteiger partial charge in [-0.3, -0.25) is 4.79 Å². The molecule has 0 radical (unpaired) electrons. The van der Waals surface area contributed by atoms with E-state index in [1.54, 1.807) is 10.9 Å². The SMILES string of the molecule is CCO[C@H]1CN(C(=O)c2cscn2)[C@@H]2CCCO[C@H]12. The molecule has 0 N–H and O–H groups in total. The highest BCUT2D eigenvalue weighted by Gasteiger charge is 2.46. The number of fused-ring (bicyclic) bond motifs is 1. The van der Waals surface area contributed by atoms with Gasteiger partial charge in [0.2, 0.25) is 0 Å². The number of likely N-dealkylation sites (tertiary alicyclic amines) is 1. The van der Waals surface area contributed by atoms with E-state index >= 15 is 0 Å². The summed E-state index contributed by atoms with van der Waals surface area (Å²) in [4.78, 5) is 18.5. The molecule has 6 heteroatoms. The number of ether oxygens (including phenoxy) is 2. The molecule has 2 saturated heterocycles. The largest absolute Gasteiger partial charge is 0.374 e. The number of aromatic nitrogens is 1. The number of thiazole rings is 1. The van der Waals surface area contributed by atoms with Crippen molar-refractivity contribution in [2.24, 2.45) is 0 Å². The molecule has 0 unspecified atom stereocenters. The van der Waals surface area contributed by atoms with Crippen molar-refractivity contribution in [3.05, 3.63) is 16.6 Å². The van der Waals surface area contributed by atoms with E-state index in [4.69, 9.17) is 9.47 Å². The highest BCUT2D eigenvalue weighted by Crippen LogP contribution is 2.31. The Morgan fingerprint density at radius 2 is 2.58 bits per heavy atom. The average molecular weight is 282 g/mol. The summed E-state index contributed by atoms with van der Waals surface area (Å²) >= 11 is 1.45. The summed E-state index contributed by atoms with van der Waals surface area (Å²) in [5, 5.41) is 1.80. The zero-order valence-electron chi connectivity index (χ0n) is 10.9. The highest BCUT2D eigenvalue weighted by atomic mass is 32.1. The van der Waals surface area contributed by atoms with Crippen molar-refractivity contribution in [2.45, 2.75) is 38.0 Å². The van der Waals surface area contributed by atoms with Crippen LogP contribution in [0.5, 0.6) is 0 Å². The first-order chi connectivity index (χ1) is 9.31. The van der Waals surface area contributed by atoms with Crippen LogP contribution >= 0.6 is 11.3 Å². The lowest BCUT2D eigenvalue weighted by Crippen LogP contribution is -2.44. The zero-order valence-corrected chi connectivity index (χ0v) is 11.8. The van der Waals surface area contributed by atoms with Crippen LogP contribution in [0, 0.1) is 0 Å². The van der Waals surface area contributed by atoms with Gasteiger partial charge in [0, 0.05) is 18.6 Å². The average Bonchev–Trinajstić information content (AvgIpc) is 3.07. The van der Waals surface area contributed by atoms with Crippen molar-refractivity contribution in [1.29, 1.82) is 0 Å². The fourth-order valence-electron chi connectivity index (χ4n) is 2.97. The number of carbonyl (C=O) groups excluding carboxylic acids is 1. The third-order valence-corrected chi connectivity index (χ3v) is 4.36. The van der Waals surface area contributed by atoms with Gasteiger partial charge in [-0.25, -0.2) is 4.98 Å². The maximum absolute atomic E-state index is 12.5. The lowest BCUT2D eigenvalue weighted by molar-refractivity contribution is -0.0737. The molecule has 0 aliphatic carbocycles. The molecule has 1 aromatic rings. The predicted molar refractivity (Wildman–Crippen MR) is 71.3 cm³/mol. The second-order valence-corrected chi connectivity index (χ2v) is 5.59. The van der Waals surface area contributed by atoms with Crippen molar-refractivity contribution < 1.29 is 14.3 Å². The summed E-state index contributed by atoms with van der Waals surface area (Å²) < 4.78 is 11.6. The smallest absolute Gasteiger partial charge is 0.273 e. The van der Waals surface area contributed by atoms with E-state index in [1.165, 1.54) is 11.3 Å². The number of nitrogens with zero attached hydrogens (tertiary/aromatic N) is 2. The second-order valence-electron chi connectivity index (χ2n) is 4.87. The van der Waals surface area contributed by atoms with Gasteiger partial charge in [-0.15, -0.1) is 11.3 Å². The minimum Gasteiger partial charge on any atom is -0.374 e. The molecule has 3 atom stereocenters. The summed E-state index contributed by atoms with van der Waals surface area (Å²) in [5.74, 6) is 0.00366. The van der Waals surface area contributed by atoms with Crippen molar-refractivity contribution in [2.75, 3.05) is 19.8 Å². The Balaban J connectivity index is 1.79. The molecule has 5 nitrogen and oxygen atoms in total. The Morgan fingerprint density at radius 3 is 3.32 bits per heavy atom. The molecule has 19 heavy (non-hydrogen) atoms. The van der Waals surface area contributed by atoms with Gasteiger partial charge in [-0.05, 0) is 19.8 Å². The van der Waals surface area contributed by atoms with Crippen LogP contribution in [-0.4, -0.2) is 53.8 Å². The van der Waals surface area contributed by atoms with Gasteiger partial charge in [0.05, 0.1) is 18.1 Å². The van der Waals surface area contributed by atoms with Crippen molar-refractivity contribution in [1.82, 2.24) is 9.88 Å². The van der Waals surface area contributed by atoms with Gasteiger partial charge in [-0.1, -0.05) is 0 Å². The van der Waals surface area contributed by atoms with Crippen LogP contribution in [0.25, 0.3) is 0 Å². The molecule has 2 aliphatic rings. The fourth-order valence-corrected chi connectivity index (χ4v) is 3.49. The molecular weight excluding hydrogens is 264 g/mol. The van der Waals surface area contributed by atoms with Crippen LogP contribution in [0.4, 0.5) is 0 Å². The second kappa shape index (κ2) is 5.56. The molecule has 2 aliphatic heterocycles. The molecule has 0 spiro atoms. The van der Waals surface area contributed by atoms with E-state index in [1.807, 2.05) is 11.8 Å². The zero-order chi connectivity index (χ0) is 13.2. The van der Waals surface area contributed by atoms with E-state index in [0.29, 0.717) is 18.8 Å². The maximum atomic E-state index is 12.5. The molecule has 3 rings (SSSR count). The Bertz CT molecular complexity index is 437. The molecule has 104 valence electrons. The first-order valence-corrected chi connectivity index (χ1v) is 7.68. The lowest BCUT2D eigenvalue weighted by atomic mass is 10.0. The third kappa shape index (κ3) is 2.40. The molecule has 3 heterocycles. The quantitative estimate of drug-likeness (QED) is 0.844. The van der Waals surface area contributed by atoms with E-state index < -0.39 is 0 Å². The monoisotopic (exact) mass is 282 g/mol. The number of hydrogen-bond donors (Lipinski definition) is 0. The summed E-state index contributed by atoms with van der Waals surface area (Å²) in [7, 11) is 0. The van der Waals surface area contributed by atoms with Gasteiger partial charge in [-0.2, -0.15) is 0 Å². The fraction of sp³-hybridized carbons (Fsp3) is 0.692. The Kier molecular flexibility index (Phi) is 3.81. The van der Waals surface area contributed by atoms with Crippen molar-refractivity contribution in [3.8, 4) is 0 Å². The van der Waals surface area contributed by atoms with Crippen LogP contribution in [0.3, 0.4) is 0 Å². The van der Waals surface area contributed by atoms with Gasteiger partial charge < -0.3 is 14.4 Å². The topological polar surface area (TPSA) is 51.7 Å². The Labute approximate surface area is 116 Å². The van der Waals surface area contributed by atoms with Gasteiger partial charge >= 0.3 is 0 Å². The Hall–Kier alpha value is -0.980. The van der Waals surface area contributed by atoms with Crippen LogP contribution < -0.4 is 0 Å². The molecule has 1 amide bonds. The summed E-state index contributed by atoms with van der Waals surface area (Å²) in [5.41, 5.74) is 2.23. The minimum atomic E-state index is -0.00196. The van der Waals surface area contributed by atoms with E-state index in [-0.39, 0.29) is 24.2 Å². The molecule has 0 saturated carbocycles. The predicted octanol–water partition coefficient (Wildman–Crippen LogP) is 1.55. The number of carbonyl (C=O) groups is 1. The molecule has 2 fully saturated rings. The van der Waals surface area contributed by atoms with Gasteiger partial charge in [0.25, 0.3) is 5.91 Å². The highest BCUT2D eigenvalue weighted by molar-refractivity contribution is 7.07. The first-order valence-electron chi connectivity index (χ1n) is 6.73. The van der Waals surface area contributed by atoms with Crippen LogP contribution in [-0.2, 0) is 9.47 Å². The van der Waals surface area contributed by atoms with Gasteiger partial charge in [0.1, 0.15) is 17.9 Å². The molecule has 1 aromatic heterocycles. The van der Waals surface area contributed by atoms with Crippen molar-refractivity contribution in [3.63, 3.8) is 0 Å². The number of rotatable bonds is 3. The van der Waals surface area contributed by atoms with Crippen LogP contribution in [0.15, 0.2) is 10.9 Å². The standard InChI is InChI=1S/C13H18N2O3S/c1-2-17-11-6-15(10-4-3-5-18-12(10)11)13(16)9-7-19-8-14-9/h7-8,10-12H,2-6H2,1H3/t10-,11+,12+/m1/s1. The maximum Gasteiger partial charge on any atom is 0.273 e. The number of hydrogen-bond acceptors (Lipinski definition) is 5. The van der Waals surface area contributed by atoms with Crippen molar-refractivity contribution >= 4 is 17.2 Å².